The van der Waals surface area contributed by atoms with E-state index in [-0.39, 0.29) is 158 Å². The molecule has 2 heterocycles. The van der Waals surface area contributed by atoms with Crippen LogP contribution in [0.15, 0.2) is 0 Å². The minimum absolute atomic E-state index is 0. The Balaban J connectivity index is -0.000000152. The van der Waals surface area contributed by atoms with Gasteiger partial charge in [0.05, 0.1) is 48.0 Å². The molecule has 75 heavy (non-hydrogen) atoms. The van der Waals surface area contributed by atoms with Crippen LogP contribution >= 0.6 is 0 Å². The van der Waals surface area contributed by atoms with Crippen LogP contribution < -0.4 is 0 Å². The first-order valence-corrected chi connectivity index (χ1v) is 24.7. The lowest BCUT2D eigenvalue weighted by Gasteiger charge is -2.32. The molecule has 6 saturated carbocycles. The molecule has 0 aromatic rings. The van der Waals surface area contributed by atoms with Crippen molar-refractivity contribution in [2.75, 3.05) is 13.2 Å². The van der Waals surface area contributed by atoms with Gasteiger partial charge in [-0.2, -0.15) is 0 Å². The molecule has 8 aliphatic rings. The van der Waals surface area contributed by atoms with Crippen molar-refractivity contribution in [3.8, 4) is 0 Å². The summed E-state index contributed by atoms with van der Waals surface area (Å²) in [7, 11) is 0. The second-order valence-corrected chi connectivity index (χ2v) is 23.3. The van der Waals surface area contributed by atoms with Crippen molar-refractivity contribution >= 4 is 41.8 Å². The van der Waals surface area contributed by atoms with Gasteiger partial charge in [-0.05, 0) is 151 Å². The maximum Gasteiger partial charge on any atom is 0.317 e. The number of ether oxygens (including phenoxy) is 5. The lowest BCUT2D eigenvalue weighted by Crippen LogP contribution is -2.35. The molecule has 13 nitrogen and oxygen atoms in total. The molecule has 450 valence electrons. The summed E-state index contributed by atoms with van der Waals surface area (Å²) in [5, 5.41) is 8.61. The van der Waals surface area contributed by atoms with Gasteiger partial charge in [0.15, 0.2) is 0 Å². The quantitative estimate of drug-likeness (QED) is 0.156. The van der Waals surface area contributed by atoms with Crippen molar-refractivity contribution in [1.82, 2.24) is 0 Å². The average molecular weight is 1080 g/mol. The van der Waals surface area contributed by atoms with Crippen LogP contribution in [0.25, 0.3) is 0 Å². The van der Waals surface area contributed by atoms with Crippen LogP contribution in [-0.2, 0) is 57.2 Å². The van der Waals surface area contributed by atoms with Crippen molar-refractivity contribution in [1.29, 1.82) is 0 Å². The summed E-state index contributed by atoms with van der Waals surface area (Å²) >= 11 is 0. The zero-order chi connectivity index (χ0) is 49.2. The summed E-state index contributed by atoms with van der Waals surface area (Å²) in [6.45, 7) is 32.3. The van der Waals surface area contributed by atoms with Crippen molar-refractivity contribution in [3.05, 3.63) is 0 Å². The average Bonchev–Trinajstić information content (AvgIpc) is 4.11. The Morgan fingerprint density at radius 2 is 0.640 bits per heavy atom. The van der Waals surface area contributed by atoms with E-state index in [4.69, 9.17) is 19.3 Å². The number of cyclic esters (lactones) is 4. The molecule has 1 N–H and O–H groups in total. The summed E-state index contributed by atoms with van der Waals surface area (Å²) < 4.78 is 24.7. The van der Waals surface area contributed by atoms with Crippen LogP contribution in [0.1, 0.15) is 224 Å². The Morgan fingerprint density at radius 1 is 0.413 bits per heavy atom. The second-order valence-electron chi connectivity index (χ2n) is 23.3. The molecule has 2 saturated heterocycles. The Hall–Kier alpha value is -3.35. The maximum atomic E-state index is 12.1. The van der Waals surface area contributed by atoms with Crippen molar-refractivity contribution in [2.45, 2.75) is 235 Å². The molecular weight excluding hydrogens is 953 g/mol. The Labute approximate surface area is 463 Å². The van der Waals surface area contributed by atoms with Crippen LogP contribution in [-0.4, -0.2) is 71.3 Å². The Kier molecular flexibility index (Phi) is 39.4. The van der Waals surface area contributed by atoms with Gasteiger partial charge in [0.2, 0.25) is 0 Å². The minimum Gasteiger partial charge on any atom is -0.463 e. The minimum atomic E-state index is -0.396. The highest BCUT2D eigenvalue weighted by Crippen LogP contribution is 2.57. The van der Waals surface area contributed by atoms with Gasteiger partial charge in [-0.15, -0.1) is 0 Å². The molecule has 6 bridgehead atoms. The van der Waals surface area contributed by atoms with Crippen LogP contribution in [0.3, 0.4) is 0 Å². The largest absolute Gasteiger partial charge is 0.463 e. The van der Waals surface area contributed by atoms with E-state index in [1.807, 2.05) is 41.5 Å². The molecule has 0 aromatic heterocycles. The summed E-state index contributed by atoms with van der Waals surface area (Å²) in [5.41, 5.74) is -0.679. The summed E-state index contributed by atoms with van der Waals surface area (Å²) in [5.74, 6) is 6.16. The number of carbonyl (C=O) groups excluding carboxylic acids is 7. The summed E-state index contributed by atoms with van der Waals surface area (Å²) in [6, 6.07) is 0. The number of carbonyl (C=O) groups is 7. The first-order chi connectivity index (χ1) is 30.0. The fraction of sp³-hybridized carbons (Fsp3) is 0.887. The highest BCUT2D eigenvalue weighted by molar-refractivity contribution is 5.96. The molecule has 6 aliphatic carbocycles. The molecule has 0 amide bonds. The molecule has 19 unspecified atom stereocenters. The van der Waals surface area contributed by atoms with Gasteiger partial charge in [0.25, 0.3) is 0 Å². The van der Waals surface area contributed by atoms with E-state index in [1.54, 1.807) is 27.7 Å². The van der Waals surface area contributed by atoms with Gasteiger partial charge < -0.3 is 28.8 Å². The van der Waals surface area contributed by atoms with E-state index >= 15 is 0 Å². The fourth-order valence-electron chi connectivity index (χ4n) is 12.0. The normalized spacial score (nSPS) is 35.1. The predicted octanol–water partition coefficient (Wildman–Crippen LogP) is 15.0. The van der Waals surface area contributed by atoms with E-state index in [0.29, 0.717) is 35.5 Å². The van der Waals surface area contributed by atoms with Crippen LogP contribution in [0.2, 0.25) is 0 Å². The molecule has 2 aliphatic heterocycles. The van der Waals surface area contributed by atoms with Gasteiger partial charge in [-0.3, -0.25) is 33.6 Å². The van der Waals surface area contributed by atoms with Gasteiger partial charge in [-0.25, -0.2) is 0 Å². The number of aliphatic hydroxyl groups excluding tert-OH is 1. The number of aliphatic hydroxyl groups is 1. The second kappa shape index (κ2) is 34.5. The van der Waals surface area contributed by atoms with Crippen LogP contribution in [0, 0.1) is 112 Å². The van der Waals surface area contributed by atoms with Crippen LogP contribution in [0.5, 0.6) is 0 Å². The molecule has 8 rings (SSSR count). The van der Waals surface area contributed by atoms with E-state index in [9.17, 15) is 33.6 Å². The Morgan fingerprint density at radius 3 is 0.800 bits per heavy atom. The molecule has 0 aromatic carbocycles. The van der Waals surface area contributed by atoms with E-state index < -0.39 is 23.9 Å². The Bertz CT molecular complexity index is 1590. The maximum absolute atomic E-state index is 12.1. The van der Waals surface area contributed by atoms with E-state index in [0.717, 1.165) is 54.8 Å². The third kappa shape index (κ3) is 20.8. The molecule has 19 atom stereocenters. The van der Waals surface area contributed by atoms with E-state index in [1.165, 1.54) is 19.3 Å². The van der Waals surface area contributed by atoms with Crippen molar-refractivity contribution in [3.63, 3.8) is 0 Å². The molecular formula is C62H124O13. The highest BCUT2D eigenvalue weighted by Gasteiger charge is 2.54. The van der Waals surface area contributed by atoms with Crippen LogP contribution in [0.4, 0.5) is 0 Å². The standard InChI is InChI=1S/2C14H24O2.C12H20O3.2C6H8O3.10CH4/c2*1-8-9(2)11-6-10(8)7-12(11)13(15)16-14(3,4)5;1-7-8(2)10-5-9(7)6-11(10)12(14)15-4-3-13;2*1-3-4(2)6(8)9-5(3)7;;;;;;;;;;/h2*8-12H,6-7H2,1-5H3;7-11,13H,3-6H2,1-2H3;2*3-4H,1-2H3;10*1H4. The van der Waals surface area contributed by atoms with Gasteiger partial charge in [0.1, 0.15) is 17.8 Å². The number of fused-ring (bicyclic) bond motifs is 6. The first-order valence-electron chi connectivity index (χ1n) is 24.7. The van der Waals surface area contributed by atoms with Gasteiger partial charge in [-0.1, -0.05) is 144 Å². The zero-order valence-electron chi connectivity index (χ0n) is 42.5. The smallest absolute Gasteiger partial charge is 0.317 e. The SMILES string of the molecule is C.C.C.C.C.C.C.C.C.C.CC1C(=O)OC(=O)C1C.CC1C(=O)OC(=O)C1C.CC1C2CC(C(=O)OC(C)(C)C)C(C2)C1C.CC1C2CC(C(=O)OC(C)(C)C)C(C2)C1C.CC1C2CC(C(=O)OCCO)C(C2)C1C. The fourth-order valence-corrected chi connectivity index (χ4v) is 12.0. The zero-order valence-corrected chi connectivity index (χ0v) is 42.5. The summed E-state index contributed by atoms with van der Waals surface area (Å²) in [4.78, 5) is 78.1. The molecule has 13 heteroatoms. The molecule has 0 spiro atoms. The predicted molar refractivity (Wildman–Crippen MR) is 310 cm³/mol. The third-order valence-corrected chi connectivity index (χ3v) is 17.1. The number of hydrogen-bond acceptors (Lipinski definition) is 13. The van der Waals surface area contributed by atoms with E-state index in [2.05, 4.69) is 51.0 Å². The number of hydrogen-bond donors (Lipinski definition) is 1. The summed E-state index contributed by atoms with van der Waals surface area (Å²) in [6.07, 6.45) is 6.80. The van der Waals surface area contributed by atoms with Crippen molar-refractivity contribution < 1.29 is 62.4 Å². The third-order valence-electron chi connectivity index (χ3n) is 17.1. The molecule has 0 radical (unpaired) electrons. The highest BCUT2D eigenvalue weighted by atomic mass is 16.6. The van der Waals surface area contributed by atoms with Crippen molar-refractivity contribution in [2.24, 2.45) is 112 Å². The lowest BCUT2D eigenvalue weighted by atomic mass is 9.76. The lowest BCUT2D eigenvalue weighted by molar-refractivity contribution is -0.164. The first kappa shape index (κ1) is 85.6. The van der Waals surface area contributed by atoms with Gasteiger partial charge >= 0.3 is 41.8 Å². The molecule has 8 fully saturated rings. The number of esters is 7. The monoisotopic (exact) mass is 1080 g/mol. The number of rotatable bonds is 5. The van der Waals surface area contributed by atoms with Gasteiger partial charge in [0, 0.05) is 0 Å². The topological polar surface area (TPSA) is 186 Å².